The second-order valence-electron chi connectivity index (χ2n) is 7.29. The van der Waals surface area contributed by atoms with Crippen molar-refractivity contribution in [3.8, 4) is 0 Å². The van der Waals surface area contributed by atoms with Crippen molar-refractivity contribution in [1.82, 2.24) is 15.0 Å². The summed E-state index contributed by atoms with van der Waals surface area (Å²) < 4.78 is 12.5. The highest BCUT2D eigenvalue weighted by Crippen LogP contribution is 2.20. The van der Waals surface area contributed by atoms with E-state index in [0.717, 1.165) is 24.3 Å². The van der Waals surface area contributed by atoms with E-state index in [2.05, 4.69) is 20.5 Å². The Balaban J connectivity index is 1.35. The molecule has 1 amide bonds. The van der Waals surface area contributed by atoms with Gasteiger partial charge in [0, 0.05) is 31.0 Å². The van der Waals surface area contributed by atoms with Crippen LogP contribution < -0.4 is 10.2 Å². The van der Waals surface area contributed by atoms with Gasteiger partial charge >= 0.3 is 5.97 Å². The molecule has 3 aromatic rings. The highest BCUT2D eigenvalue weighted by molar-refractivity contribution is 5.98. The molecule has 1 saturated heterocycles. The lowest BCUT2D eigenvalue weighted by molar-refractivity contribution is -0.123. The smallest absolute Gasteiger partial charge is 0.338 e. The molecule has 1 aromatic heterocycles. The van der Waals surface area contributed by atoms with Gasteiger partial charge in [0.15, 0.2) is 6.10 Å². The molecule has 9 nitrogen and oxygen atoms in total. The van der Waals surface area contributed by atoms with E-state index in [1.165, 1.54) is 0 Å². The summed E-state index contributed by atoms with van der Waals surface area (Å²) in [6, 6.07) is 12.6. The first-order chi connectivity index (χ1) is 15.0. The van der Waals surface area contributed by atoms with Crippen molar-refractivity contribution in [1.29, 1.82) is 0 Å². The van der Waals surface area contributed by atoms with Gasteiger partial charge in [-0.2, -0.15) is 0 Å². The lowest BCUT2D eigenvalue weighted by Crippen LogP contribution is -2.36. The number of esters is 1. The van der Waals surface area contributed by atoms with Gasteiger partial charge in [0.05, 0.1) is 24.3 Å². The van der Waals surface area contributed by atoms with E-state index in [4.69, 9.17) is 9.47 Å². The average Bonchev–Trinajstić information content (AvgIpc) is 3.22. The number of carbonyl (C=O) groups is 2. The zero-order chi connectivity index (χ0) is 21.8. The molecule has 1 atom stereocenters. The molecule has 0 aliphatic carbocycles. The normalized spacial score (nSPS) is 15.0. The van der Waals surface area contributed by atoms with Gasteiger partial charge in [-0.15, -0.1) is 5.10 Å². The van der Waals surface area contributed by atoms with Gasteiger partial charge < -0.3 is 19.7 Å². The fraction of sp³-hybridized carbons (Fsp3) is 0.364. The number of nitrogens with zero attached hydrogens (tertiary/aromatic N) is 4. The van der Waals surface area contributed by atoms with Crippen LogP contribution in [0.1, 0.15) is 24.2 Å². The van der Waals surface area contributed by atoms with Crippen LogP contribution in [-0.2, 0) is 20.8 Å². The number of aryl methyl sites for hydroxylation is 1. The molecular weight excluding hydrogens is 398 g/mol. The van der Waals surface area contributed by atoms with Crippen LogP contribution in [0.3, 0.4) is 0 Å². The lowest BCUT2D eigenvalue weighted by Gasteiger charge is -2.28. The number of benzene rings is 2. The minimum absolute atomic E-state index is 0.324. The Hall–Kier alpha value is -3.46. The van der Waals surface area contributed by atoms with Crippen LogP contribution in [0, 0.1) is 0 Å². The summed E-state index contributed by atoms with van der Waals surface area (Å²) in [4.78, 5) is 27.2. The molecule has 31 heavy (non-hydrogen) atoms. The number of fused-ring (bicyclic) bond motifs is 1. The van der Waals surface area contributed by atoms with Crippen LogP contribution in [-0.4, -0.2) is 59.3 Å². The Labute approximate surface area is 179 Å². The molecular formula is C22H25N5O4. The lowest BCUT2D eigenvalue weighted by atomic mass is 10.2. The number of anilines is 2. The first-order valence-corrected chi connectivity index (χ1v) is 10.3. The number of morpholine rings is 1. The van der Waals surface area contributed by atoms with E-state index in [0.29, 0.717) is 36.5 Å². The van der Waals surface area contributed by atoms with E-state index >= 15 is 0 Å². The van der Waals surface area contributed by atoms with Crippen LogP contribution in [0.2, 0.25) is 0 Å². The summed E-state index contributed by atoms with van der Waals surface area (Å²) >= 11 is 0. The van der Waals surface area contributed by atoms with Gasteiger partial charge in [0.2, 0.25) is 0 Å². The van der Waals surface area contributed by atoms with Gasteiger partial charge in [0.1, 0.15) is 5.52 Å². The molecule has 0 bridgehead atoms. The highest BCUT2D eigenvalue weighted by atomic mass is 16.5. The van der Waals surface area contributed by atoms with E-state index in [1.807, 2.05) is 31.2 Å². The summed E-state index contributed by atoms with van der Waals surface area (Å²) in [5.41, 5.74) is 3.49. The third-order valence-corrected chi connectivity index (χ3v) is 5.21. The van der Waals surface area contributed by atoms with Crippen LogP contribution in [0.15, 0.2) is 42.5 Å². The molecule has 0 spiro atoms. The Bertz CT molecular complexity index is 1070. The standard InChI is InChI=1S/C22H25N5O4/c1-3-27-20-9-4-16(14-19(20)24-25-27)22(29)31-15(2)21(28)23-17-5-7-18(8-6-17)26-10-12-30-13-11-26/h4-9,14-15H,3,10-13H2,1-2H3,(H,23,28)/t15-/m0/s1. The fourth-order valence-corrected chi connectivity index (χ4v) is 3.44. The molecule has 0 unspecified atom stereocenters. The van der Waals surface area contributed by atoms with Gasteiger partial charge in [-0.05, 0) is 56.3 Å². The van der Waals surface area contributed by atoms with Crippen molar-refractivity contribution in [2.45, 2.75) is 26.5 Å². The first kappa shape index (κ1) is 20.8. The van der Waals surface area contributed by atoms with E-state index < -0.39 is 18.0 Å². The van der Waals surface area contributed by atoms with Crippen molar-refractivity contribution < 1.29 is 19.1 Å². The van der Waals surface area contributed by atoms with Gasteiger partial charge in [-0.1, -0.05) is 5.21 Å². The maximum atomic E-state index is 12.5. The third-order valence-electron chi connectivity index (χ3n) is 5.21. The maximum absolute atomic E-state index is 12.5. The van der Waals surface area contributed by atoms with E-state index in [1.54, 1.807) is 29.8 Å². The molecule has 1 fully saturated rings. The molecule has 2 aromatic carbocycles. The Kier molecular flexibility index (Phi) is 6.13. The summed E-state index contributed by atoms with van der Waals surface area (Å²) in [6.45, 7) is 7.31. The molecule has 0 saturated carbocycles. The van der Waals surface area contributed by atoms with Crippen LogP contribution >= 0.6 is 0 Å². The number of hydrogen-bond acceptors (Lipinski definition) is 7. The summed E-state index contributed by atoms with van der Waals surface area (Å²) in [6.07, 6.45) is -0.951. The third kappa shape index (κ3) is 4.66. The zero-order valence-electron chi connectivity index (χ0n) is 17.6. The van der Waals surface area contributed by atoms with Crippen molar-refractivity contribution in [2.24, 2.45) is 0 Å². The number of carbonyl (C=O) groups excluding carboxylic acids is 2. The highest BCUT2D eigenvalue weighted by Gasteiger charge is 2.20. The number of hydrogen-bond donors (Lipinski definition) is 1. The van der Waals surface area contributed by atoms with Gasteiger partial charge in [-0.3, -0.25) is 4.79 Å². The quantitative estimate of drug-likeness (QED) is 0.608. The summed E-state index contributed by atoms with van der Waals surface area (Å²) in [7, 11) is 0. The SMILES string of the molecule is CCn1nnc2cc(C(=O)O[C@@H](C)C(=O)Nc3ccc(N4CCOCC4)cc3)ccc21. The van der Waals surface area contributed by atoms with Crippen molar-refractivity contribution in [3.05, 3.63) is 48.0 Å². The summed E-state index contributed by atoms with van der Waals surface area (Å²) in [5, 5.41) is 10.9. The molecule has 162 valence electrons. The van der Waals surface area contributed by atoms with E-state index in [9.17, 15) is 9.59 Å². The number of ether oxygens (including phenoxy) is 2. The van der Waals surface area contributed by atoms with E-state index in [-0.39, 0.29) is 0 Å². The topological polar surface area (TPSA) is 98.6 Å². The Morgan fingerprint density at radius 2 is 1.90 bits per heavy atom. The molecule has 1 aliphatic rings. The molecule has 2 heterocycles. The van der Waals surface area contributed by atoms with Crippen LogP contribution in [0.4, 0.5) is 11.4 Å². The first-order valence-electron chi connectivity index (χ1n) is 10.3. The van der Waals surface area contributed by atoms with Crippen LogP contribution in [0.5, 0.6) is 0 Å². The molecule has 1 N–H and O–H groups in total. The number of amides is 1. The minimum Gasteiger partial charge on any atom is -0.449 e. The largest absolute Gasteiger partial charge is 0.449 e. The van der Waals surface area contributed by atoms with Crippen LogP contribution in [0.25, 0.3) is 11.0 Å². The predicted octanol–water partition coefficient (Wildman–Crippen LogP) is 2.47. The Morgan fingerprint density at radius 3 is 2.61 bits per heavy atom. The molecule has 1 aliphatic heterocycles. The van der Waals surface area contributed by atoms with Crippen molar-refractivity contribution in [2.75, 3.05) is 36.5 Å². The minimum atomic E-state index is -0.951. The van der Waals surface area contributed by atoms with Crippen molar-refractivity contribution in [3.63, 3.8) is 0 Å². The monoisotopic (exact) mass is 423 g/mol. The number of nitrogens with one attached hydrogen (secondary N) is 1. The molecule has 4 rings (SSSR count). The van der Waals surface area contributed by atoms with Gasteiger partial charge in [-0.25, -0.2) is 9.48 Å². The Morgan fingerprint density at radius 1 is 1.16 bits per heavy atom. The second kappa shape index (κ2) is 9.13. The zero-order valence-corrected chi connectivity index (χ0v) is 17.6. The summed E-state index contributed by atoms with van der Waals surface area (Å²) in [5.74, 6) is -0.983. The number of aromatic nitrogens is 3. The average molecular weight is 423 g/mol. The maximum Gasteiger partial charge on any atom is 0.338 e. The number of rotatable bonds is 6. The fourth-order valence-electron chi connectivity index (χ4n) is 3.44. The second-order valence-corrected chi connectivity index (χ2v) is 7.29. The molecule has 0 radical (unpaired) electrons. The van der Waals surface area contributed by atoms with Crippen molar-refractivity contribution >= 4 is 34.3 Å². The molecule has 9 heteroatoms. The van der Waals surface area contributed by atoms with Gasteiger partial charge in [0.25, 0.3) is 5.91 Å². The predicted molar refractivity (Wildman–Crippen MR) is 116 cm³/mol.